The maximum atomic E-state index is 12.5. The van der Waals surface area contributed by atoms with Gasteiger partial charge >= 0.3 is 0 Å². The number of Topliss-reactive ketones (excluding diaryl/α,β-unsaturated/α-hetero) is 1. The molecule has 0 heterocycles. The average molecular weight is 318 g/mol. The molecule has 4 aliphatic carbocycles. The SMILES string of the molecule is CN(C)C1CCC2(C)C(CCC3C4CCC(=O)C4(C)CCC32)C1. The quantitative estimate of drug-likeness (QED) is 0.708. The molecule has 130 valence electrons. The largest absolute Gasteiger partial charge is 0.306 e. The molecule has 0 bridgehead atoms. The maximum absolute atomic E-state index is 12.5. The van der Waals surface area contributed by atoms with Gasteiger partial charge in [-0.3, -0.25) is 4.79 Å². The van der Waals surface area contributed by atoms with Gasteiger partial charge in [-0.05, 0) is 94.5 Å². The minimum absolute atomic E-state index is 0.0468. The Morgan fingerprint density at radius 1 is 0.957 bits per heavy atom. The molecule has 0 radical (unpaired) electrons. The lowest BCUT2D eigenvalue weighted by Crippen LogP contribution is -2.55. The molecule has 0 spiro atoms. The molecule has 23 heavy (non-hydrogen) atoms. The molecule has 0 N–H and O–H groups in total. The van der Waals surface area contributed by atoms with E-state index in [1.54, 1.807) is 0 Å². The fraction of sp³-hybridized carbons (Fsp3) is 0.952. The summed E-state index contributed by atoms with van der Waals surface area (Å²) >= 11 is 0. The molecule has 0 aromatic rings. The lowest BCUT2D eigenvalue weighted by atomic mass is 9.45. The first-order valence-electron chi connectivity index (χ1n) is 10.1. The van der Waals surface area contributed by atoms with Gasteiger partial charge in [0, 0.05) is 17.9 Å². The lowest BCUT2D eigenvalue weighted by Gasteiger charge is -2.60. The van der Waals surface area contributed by atoms with Crippen molar-refractivity contribution in [2.75, 3.05) is 14.1 Å². The zero-order chi connectivity index (χ0) is 16.4. The van der Waals surface area contributed by atoms with Gasteiger partial charge in [0.2, 0.25) is 0 Å². The maximum Gasteiger partial charge on any atom is 0.139 e. The molecule has 0 aromatic heterocycles. The smallest absolute Gasteiger partial charge is 0.139 e. The predicted octanol–water partition coefficient (Wildman–Crippen LogP) is 4.53. The highest BCUT2D eigenvalue weighted by atomic mass is 16.1. The lowest BCUT2D eigenvalue weighted by molar-refractivity contribution is -0.140. The summed E-state index contributed by atoms with van der Waals surface area (Å²) < 4.78 is 0. The number of carbonyl (C=O) groups is 1. The third-order valence-electron chi connectivity index (χ3n) is 9.08. The van der Waals surface area contributed by atoms with Crippen LogP contribution >= 0.6 is 0 Å². The number of fused-ring (bicyclic) bond motifs is 5. The Hall–Kier alpha value is -0.370. The van der Waals surface area contributed by atoms with Crippen LogP contribution in [0.5, 0.6) is 0 Å². The molecular formula is C21H35NO. The topological polar surface area (TPSA) is 20.3 Å². The van der Waals surface area contributed by atoms with E-state index < -0.39 is 0 Å². The summed E-state index contributed by atoms with van der Waals surface area (Å²) in [4.78, 5) is 14.9. The standard InChI is InChI=1S/C21H35NO/c1-20-11-9-15(22(3)4)13-14(20)5-6-16-17-7-8-19(23)21(17,2)12-10-18(16)20/h14-18H,5-13H2,1-4H3. The van der Waals surface area contributed by atoms with E-state index in [-0.39, 0.29) is 5.41 Å². The molecule has 0 aliphatic heterocycles. The Balaban J connectivity index is 1.58. The Bertz CT molecular complexity index is 500. The summed E-state index contributed by atoms with van der Waals surface area (Å²) in [6, 6.07) is 0.798. The first-order chi connectivity index (χ1) is 10.9. The van der Waals surface area contributed by atoms with Gasteiger partial charge in [-0.2, -0.15) is 0 Å². The van der Waals surface area contributed by atoms with Crippen molar-refractivity contribution in [1.82, 2.24) is 4.90 Å². The number of hydrogen-bond acceptors (Lipinski definition) is 2. The zero-order valence-corrected chi connectivity index (χ0v) is 15.6. The number of ketones is 1. The van der Waals surface area contributed by atoms with E-state index in [1.807, 2.05) is 0 Å². The van der Waals surface area contributed by atoms with Crippen LogP contribution in [0.1, 0.15) is 71.6 Å². The van der Waals surface area contributed by atoms with Crippen molar-refractivity contribution in [2.24, 2.45) is 34.5 Å². The second-order valence-electron chi connectivity index (χ2n) is 9.97. The summed E-state index contributed by atoms with van der Waals surface area (Å²) in [5.74, 6) is 3.96. The van der Waals surface area contributed by atoms with E-state index >= 15 is 0 Å². The Labute approximate surface area is 142 Å². The van der Waals surface area contributed by atoms with Gasteiger partial charge in [-0.15, -0.1) is 0 Å². The molecule has 4 aliphatic rings. The summed E-state index contributed by atoms with van der Waals surface area (Å²) in [5, 5.41) is 0. The van der Waals surface area contributed by atoms with Crippen LogP contribution in [0, 0.1) is 34.5 Å². The minimum atomic E-state index is 0.0468. The van der Waals surface area contributed by atoms with Crippen LogP contribution in [-0.4, -0.2) is 30.8 Å². The van der Waals surface area contributed by atoms with E-state index in [0.717, 1.165) is 30.2 Å². The predicted molar refractivity (Wildman–Crippen MR) is 94.2 cm³/mol. The summed E-state index contributed by atoms with van der Waals surface area (Å²) in [6.07, 6.45) is 11.6. The summed E-state index contributed by atoms with van der Waals surface area (Å²) in [5.41, 5.74) is 0.605. The van der Waals surface area contributed by atoms with Crippen molar-refractivity contribution in [1.29, 1.82) is 0 Å². The molecule has 4 fully saturated rings. The fourth-order valence-corrected chi connectivity index (χ4v) is 7.48. The van der Waals surface area contributed by atoms with Crippen molar-refractivity contribution in [2.45, 2.75) is 77.7 Å². The highest BCUT2D eigenvalue weighted by Crippen LogP contribution is 2.65. The van der Waals surface area contributed by atoms with Gasteiger partial charge in [0.1, 0.15) is 5.78 Å². The Morgan fingerprint density at radius 2 is 1.74 bits per heavy atom. The zero-order valence-electron chi connectivity index (χ0n) is 15.6. The van der Waals surface area contributed by atoms with Gasteiger partial charge in [0.05, 0.1) is 0 Å². The molecule has 7 unspecified atom stereocenters. The van der Waals surface area contributed by atoms with Crippen molar-refractivity contribution in [3.05, 3.63) is 0 Å². The van der Waals surface area contributed by atoms with Crippen LogP contribution in [0.2, 0.25) is 0 Å². The van der Waals surface area contributed by atoms with Crippen molar-refractivity contribution >= 4 is 5.78 Å². The third-order valence-corrected chi connectivity index (χ3v) is 9.08. The van der Waals surface area contributed by atoms with Crippen LogP contribution in [-0.2, 0) is 4.79 Å². The highest BCUT2D eigenvalue weighted by Gasteiger charge is 2.60. The summed E-state index contributed by atoms with van der Waals surface area (Å²) in [6.45, 7) is 4.93. The van der Waals surface area contributed by atoms with Crippen LogP contribution in [0.15, 0.2) is 0 Å². The molecule has 4 rings (SSSR count). The summed E-state index contributed by atoms with van der Waals surface area (Å²) in [7, 11) is 4.52. The van der Waals surface area contributed by atoms with Crippen molar-refractivity contribution in [3.63, 3.8) is 0 Å². The second kappa shape index (κ2) is 5.31. The molecule has 2 nitrogen and oxygen atoms in total. The minimum Gasteiger partial charge on any atom is -0.306 e. The monoisotopic (exact) mass is 317 g/mol. The molecule has 0 aromatic carbocycles. The van der Waals surface area contributed by atoms with Gasteiger partial charge < -0.3 is 4.90 Å². The number of carbonyl (C=O) groups excluding carboxylic acids is 1. The van der Waals surface area contributed by atoms with Gasteiger partial charge in [-0.1, -0.05) is 13.8 Å². The Morgan fingerprint density at radius 3 is 2.48 bits per heavy atom. The van der Waals surface area contributed by atoms with Crippen molar-refractivity contribution in [3.8, 4) is 0 Å². The molecule has 0 saturated heterocycles. The van der Waals surface area contributed by atoms with Crippen LogP contribution in [0.25, 0.3) is 0 Å². The number of rotatable bonds is 1. The average Bonchev–Trinajstić information content (AvgIpc) is 2.82. The van der Waals surface area contributed by atoms with Gasteiger partial charge in [0.15, 0.2) is 0 Å². The third kappa shape index (κ3) is 2.19. The molecule has 7 atom stereocenters. The van der Waals surface area contributed by atoms with Crippen LogP contribution in [0.4, 0.5) is 0 Å². The molecule has 0 amide bonds. The second-order valence-corrected chi connectivity index (χ2v) is 9.97. The van der Waals surface area contributed by atoms with Crippen LogP contribution < -0.4 is 0 Å². The van der Waals surface area contributed by atoms with E-state index in [2.05, 4.69) is 32.8 Å². The van der Waals surface area contributed by atoms with E-state index in [9.17, 15) is 4.79 Å². The van der Waals surface area contributed by atoms with Gasteiger partial charge in [-0.25, -0.2) is 0 Å². The van der Waals surface area contributed by atoms with E-state index in [0.29, 0.717) is 17.1 Å². The molecule has 4 saturated carbocycles. The van der Waals surface area contributed by atoms with E-state index in [4.69, 9.17) is 0 Å². The first kappa shape index (κ1) is 16.1. The van der Waals surface area contributed by atoms with E-state index in [1.165, 1.54) is 51.4 Å². The first-order valence-corrected chi connectivity index (χ1v) is 10.1. The molecule has 2 heteroatoms. The van der Waals surface area contributed by atoms with Crippen molar-refractivity contribution < 1.29 is 4.79 Å². The van der Waals surface area contributed by atoms with Gasteiger partial charge in [0.25, 0.3) is 0 Å². The number of hydrogen-bond donors (Lipinski definition) is 0. The number of nitrogens with zero attached hydrogens (tertiary/aromatic N) is 1. The van der Waals surface area contributed by atoms with Crippen LogP contribution in [0.3, 0.4) is 0 Å². The molecular weight excluding hydrogens is 282 g/mol. The fourth-order valence-electron chi connectivity index (χ4n) is 7.48. The Kier molecular flexibility index (Phi) is 3.72. The normalized spacial score (nSPS) is 52.9. The highest BCUT2D eigenvalue weighted by molar-refractivity contribution is 5.87.